The van der Waals surface area contributed by atoms with Gasteiger partial charge in [-0.1, -0.05) is 17.7 Å². The summed E-state index contributed by atoms with van der Waals surface area (Å²) in [6, 6.07) is 9.11. The molecular formula is C22H20ClN7O2. The van der Waals surface area contributed by atoms with Crippen LogP contribution in [0.3, 0.4) is 0 Å². The average Bonchev–Trinajstić information content (AvgIpc) is 3.56. The number of carbonyl (C=O) groups excluding carboxylic acids is 1. The molecule has 1 aliphatic rings. The Bertz CT molecular complexity index is 1270. The molecule has 1 aliphatic carbocycles. The Morgan fingerprint density at radius 1 is 1.09 bits per heavy atom. The van der Waals surface area contributed by atoms with E-state index < -0.39 is 6.09 Å². The molecule has 4 aromatic rings. The van der Waals surface area contributed by atoms with Gasteiger partial charge in [-0.15, -0.1) is 0 Å². The number of anilines is 2. The number of carbonyl (C=O) groups is 1. The SMILES string of the molecule is O=C(Nc1cc(NCc2cn3cc(C4CC4)ccc3n2)ncn1)OCc1cc(Cl)ccn1. The maximum atomic E-state index is 12.1. The average molecular weight is 450 g/mol. The Hall–Kier alpha value is -3.72. The lowest BCUT2D eigenvalue weighted by molar-refractivity contribution is 0.153. The van der Waals surface area contributed by atoms with Crippen LogP contribution < -0.4 is 10.6 Å². The summed E-state index contributed by atoms with van der Waals surface area (Å²) in [6.45, 7) is 0.487. The van der Waals surface area contributed by atoms with E-state index >= 15 is 0 Å². The van der Waals surface area contributed by atoms with Gasteiger partial charge >= 0.3 is 6.09 Å². The summed E-state index contributed by atoms with van der Waals surface area (Å²) in [5.41, 5.74) is 3.71. The van der Waals surface area contributed by atoms with Gasteiger partial charge in [0.1, 0.15) is 30.2 Å². The zero-order valence-electron chi connectivity index (χ0n) is 17.0. The molecule has 0 spiro atoms. The van der Waals surface area contributed by atoms with Gasteiger partial charge in [-0.3, -0.25) is 10.3 Å². The van der Waals surface area contributed by atoms with Crippen LogP contribution in [-0.2, 0) is 17.9 Å². The van der Waals surface area contributed by atoms with Gasteiger partial charge in [-0.2, -0.15) is 0 Å². The van der Waals surface area contributed by atoms with E-state index in [2.05, 4.69) is 47.2 Å². The molecular weight excluding hydrogens is 430 g/mol. The molecule has 0 atom stereocenters. The van der Waals surface area contributed by atoms with Crippen LogP contribution in [0.5, 0.6) is 0 Å². The van der Waals surface area contributed by atoms with Gasteiger partial charge in [-0.05, 0) is 42.5 Å². The molecule has 5 rings (SSSR count). The van der Waals surface area contributed by atoms with Crippen LogP contribution in [0.4, 0.5) is 16.4 Å². The monoisotopic (exact) mass is 449 g/mol. The first kappa shape index (κ1) is 20.2. The highest BCUT2D eigenvalue weighted by molar-refractivity contribution is 6.30. The minimum absolute atomic E-state index is 0.00106. The molecule has 0 saturated heterocycles. The van der Waals surface area contributed by atoms with Crippen molar-refractivity contribution < 1.29 is 9.53 Å². The minimum Gasteiger partial charge on any atom is -0.443 e. The lowest BCUT2D eigenvalue weighted by Crippen LogP contribution is -2.15. The maximum Gasteiger partial charge on any atom is 0.413 e. The minimum atomic E-state index is -0.650. The topological polar surface area (TPSA) is 106 Å². The predicted octanol–water partition coefficient (Wildman–Crippen LogP) is 4.41. The number of hydrogen-bond acceptors (Lipinski definition) is 7. The number of hydrogen-bond donors (Lipinski definition) is 2. The summed E-state index contributed by atoms with van der Waals surface area (Å²) >= 11 is 5.90. The van der Waals surface area contributed by atoms with E-state index in [4.69, 9.17) is 16.3 Å². The molecule has 1 saturated carbocycles. The fourth-order valence-electron chi connectivity index (χ4n) is 3.32. The van der Waals surface area contributed by atoms with Crippen molar-refractivity contribution >= 4 is 35.0 Å². The first-order valence-electron chi connectivity index (χ1n) is 10.2. The molecule has 1 amide bonds. The third kappa shape index (κ3) is 4.94. The number of imidazole rings is 1. The normalized spacial score (nSPS) is 13.2. The standard InChI is InChI=1S/C22H20ClN7O2/c23-16-5-6-24-17(7-16)12-32-22(31)29-20-8-19(26-13-27-20)25-9-18-11-30-10-15(14-1-2-14)3-4-21(30)28-18/h3-8,10-11,13-14H,1-2,9,12H2,(H2,25,26,27,29,31). The Morgan fingerprint density at radius 3 is 2.81 bits per heavy atom. The van der Waals surface area contributed by atoms with E-state index in [9.17, 15) is 4.79 Å². The van der Waals surface area contributed by atoms with E-state index in [1.807, 2.05) is 12.3 Å². The van der Waals surface area contributed by atoms with Crippen molar-refractivity contribution in [2.45, 2.75) is 31.9 Å². The molecule has 0 unspecified atom stereocenters. The number of pyridine rings is 2. The molecule has 162 valence electrons. The smallest absolute Gasteiger partial charge is 0.413 e. The number of nitrogens with zero attached hydrogens (tertiary/aromatic N) is 5. The molecule has 0 bridgehead atoms. The molecule has 9 nitrogen and oxygen atoms in total. The van der Waals surface area contributed by atoms with Gasteiger partial charge in [-0.25, -0.2) is 19.7 Å². The first-order chi connectivity index (χ1) is 15.6. The van der Waals surface area contributed by atoms with Gasteiger partial charge in [0.05, 0.1) is 17.9 Å². The van der Waals surface area contributed by atoms with Gasteiger partial charge in [0.25, 0.3) is 0 Å². The Balaban J connectivity index is 1.17. The second-order valence-electron chi connectivity index (χ2n) is 7.54. The summed E-state index contributed by atoms with van der Waals surface area (Å²) in [5, 5.41) is 6.31. The zero-order chi connectivity index (χ0) is 21.9. The van der Waals surface area contributed by atoms with Crippen LogP contribution in [0.15, 0.2) is 55.2 Å². The second kappa shape index (κ2) is 8.80. The van der Waals surface area contributed by atoms with E-state index in [1.54, 1.807) is 24.4 Å². The summed E-state index contributed by atoms with van der Waals surface area (Å²) in [7, 11) is 0. The summed E-state index contributed by atoms with van der Waals surface area (Å²) in [5.74, 6) is 1.57. The fourth-order valence-corrected chi connectivity index (χ4v) is 3.50. The van der Waals surface area contributed by atoms with Crippen LogP contribution in [0.2, 0.25) is 5.02 Å². The number of fused-ring (bicyclic) bond motifs is 1. The van der Waals surface area contributed by atoms with E-state index in [0.29, 0.717) is 34.8 Å². The molecule has 1 fully saturated rings. The highest BCUT2D eigenvalue weighted by Gasteiger charge is 2.23. The Morgan fingerprint density at radius 2 is 1.97 bits per heavy atom. The predicted molar refractivity (Wildman–Crippen MR) is 120 cm³/mol. The van der Waals surface area contributed by atoms with Crippen molar-refractivity contribution in [2.24, 2.45) is 0 Å². The Labute approximate surface area is 188 Å². The van der Waals surface area contributed by atoms with Crippen LogP contribution in [0, 0.1) is 0 Å². The van der Waals surface area contributed by atoms with Gasteiger partial charge in [0, 0.05) is 29.7 Å². The van der Waals surface area contributed by atoms with Gasteiger partial charge < -0.3 is 14.5 Å². The quantitative estimate of drug-likeness (QED) is 0.430. The van der Waals surface area contributed by atoms with Gasteiger partial charge in [0.2, 0.25) is 0 Å². The molecule has 0 aromatic carbocycles. The molecule has 0 radical (unpaired) electrons. The van der Waals surface area contributed by atoms with Crippen molar-refractivity contribution in [3.8, 4) is 0 Å². The highest BCUT2D eigenvalue weighted by atomic mass is 35.5. The fraction of sp³-hybridized carbons (Fsp3) is 0.227. The molecule has 2 N–H and O–H groups in total. The lowest BCUT2D eigenvalue weighted by Gasteiger charge is -2.08. The van der Waals surface area contributed by atoms with Crippen LogP contribution >= 0.6 is 11.6 Å². The zero-order valence-corrected chi connectivity index (χ0v) is 17.8. The molecule has 32 heavy (non-hydrogen) atoms. The van der Waals surface area contributed by atoms with Crippen LogP contribution in [0.25, 0.3) is 5.65 Å². The van der Waals surface area contributed by atoms with Crippen LogP contribution in [0.1, 0.15) is 35.7 Å². The largest absolute Gasteiger partial charge is 0.443 e. The molecule has 4 heterocycles. The van der Waals surface area contributed by atoms with E-state index in [0.717, 1.165) is 11.3 Å². The summed E-state index contributed by atoms with van der Waals surface area (Å²) < 4.78 is 7.21. The number of halogens is 1. The number of nitrogens with one attached hydrogen (secondary N) is 2. The maximum absolute atomic E-state index is 12.1. The van der Waals surface area contributed by atoms with Crippen molar-refractivity contribution in [1.82, 2.24) is 24.3 Å². The summed E-state index contributed by atoms with van der Waals surface area (Å²) in [6.07, 6.45) is 8.96. The lowest BCUT2D eigenvalue weighted by atomic mass is 10.2. The van der Waals surface area contributed by atoms with Crippen molar-refractivity contribution in [1.29, 1.82) is 0 Å². The first-order valence-corrected chi connectivity index (χ1v) is 10.6. The van der Waals surface area contributed by atoms with Crippen molar-refractivity contribution in [3.05, 3.63) is 77.2 Å². The highest BCUT2D eigenvalue weighted by Crippen LogP contribution is 2.39. The number of amides is 1. The number of aromatic nitrogens is 5. The van der Waals surface area contributed by atoms with Crippen molar-refractivity contribution in [3.63, 3.8) is 0 Å². The summed E-state index contributed by atoms with van der Waals surface area (Å²) in [4.78, 5) is 29.0. The molecule has 10 heteroatoms. The van der Waals surface area contributed by atoms with Crippen LogP contribution in [-0.4, -0.2) is 30.4 Å². The third-order valence-corrected chi connectivity index (χ3v) is 5.29. The molecule has 0 aliphatic heterocycles. The second-order valence-corrected chi connectivity index (χ2v) is 7.98. The van der Waals surface area contributed by atoms with Crippen molar-refractivity contribution in [2.75, 3.05) is 10.6 Å². The Kier molecular flexibility index (Phi) is 5.55. The third-order valence-electron chi connectivity index (χ3n) is 5.05. The molecule has 4 aromatic heterocycles. The number of ether oxygens (including phenoxy) is 1. The van der Waals surface area contributed by atoms with E-state index in [1.165, 1.54) is 24.7 Å². The number of rotatable bonds is 7. The van der Waals surface area contributed by atoms with Gasteiger partial charge in [0.15, 0.2) is 0 Å². The van der Waals surface area contributed by atoms with E-state index in [-0.39, 0.29) is 6.61 Å².